The number of methoxy groups -OCH3 is 2. The SMILES string of the molecule is COc1ccc(C(=O)N(CC2CC2)CC2CN(C(=O)c3ccoc3)CCO2)cc1OC. The summed E-state index contributed by atoms with van der Waals surface area (Å²) in [7, 11) is 3.12. The van der Waals surface area contributed by atoms with E-state index in [1.165, 1.54) is 12.5 Å². The number of benzene rings is 1. The van der Waals surface area contributed by atoms with Gasteiger partial charge in [0.1, 0.15) is 6.26 Å². The van der Waals surface area contributed by atoms with Crippen molar-refractivity contribution in [2.75, 3.05) is 47.0 Å². The maximum atomic E-state index is 13.3. The Morgan fingerprint density at radius 2 is 1.90 bits per heavy atom. The highest BCUT2D eigenvalue weighted by Crippen LogP contribution is 2.32. The maximum absolute atomic E-state index is 13.3. The highest BCUT2D eigenvalue weighted by molar-refractivity contribution is 5.95. The molecular weight excluding hydrogens is 400 g/mol. The van der Waals surface area contributed by atoms with Gasteiger partial charge in [0, 0.05) is 31.7 Å². The van der Waals surface area contributed by atoms with Crippen molar-refractivity contribution in [2.24, 2.45) is 5.92 Å². The summed E-state index contributed by atoms with van der Waals surface area (Å²) in [5, 5.41) is 0. The molecule has 0 bridgehead atoms. The van der Waals surface area contributed by atoms with E-state index in [0.29, 0.717) is 61.3 Å². The zero-order chi connectivity index (χ0) is 21.8. The molecule has 2 heterocycles. The topological polar surface area (TPSA) is 81.5 Å². The van der Waals surface area contributed by atoms with E-state index >= 15 is 0 Å². The molecule has 8 nitrogen and oxygen atoms in total. The van der Waals surface area contributed by atoms with Crippen molar-refractivity contribution in [1.82, 2.24) is 9.80 Å². The number of morpholine rings is 1. The molecule has 0 spiro atoms. The number of carbonyl (C=O) groups is 2. The summed E-state index contributed by atoms with van der Waals surface area (Å²) >= 11 is 0. The third kappa shape index (κ3) is 5.02. The molecule has 1 aliphatic heterocycles. The molecule has 1 saturated carbocycles. The summed E-state index contributed by atoms with van der Waals surface area (Å²) in [5.41, 5.74) is 1.07. The lowest BCUT2D eigenvalue weighted by atomic mass is 10.1. The first-order valence-electron chi connectivity index (χ1n) is 10.5. The summed E-state index contributed by atoms with van der Waals surface area (Å²) in [5.74, 6) is 1.47. The summed E-state index contributed by atoms with van der Waals surface area (Å²) in [6, 6.07) is 6.86. The summed E-state index contributed by atoms with van der Waals surface area (Å²) in [6.45, 7) is 2.51. The van der Waals surface area contributed by atoms with Crippen molar-refractivity contribution in [3.8, 4) is 11.5 Å². The molecule has 2 aromatic rings. The van der Waals surface area contributed by atoms with Gasteiger partial charge >= 0.3 is 0 Å². The number of ether oxygens (including phenoxy) is 3. The zero-order valence-electron chi connectivity index (χ0n) is 17.9. The molecule has 1 aromatic heterocycles. The molecule has 1 unspecified atom stereocenters. The third-order valence-corrected chi connectivity index (χ3v) is 5.71. The van der Waals surface area contributed by atoms with E-state index in [1.807, 2.05) is 4.90 Å². The van der Waals surface area contributed by atoms with Gasteiger partial charge in [-0.15, -0.1) is 0 Å². The highest BCUT2D eigenvalue weighted by Gasteiger charge is 2.32. The first kappa shape index (κ1) is 21.2. The van der Waals surface area contributed by atoms with Crippen LogP contribution in [0.25, 0.3) is 0 Å². The molecule has 4 rings (SSSR count). The van der Waals surface area contributed by atoms with E-state index in [1.54, 1.807) is 43.4 Å². The first-order chi connectivity index (χ1) is 15.1. The van der Waals surface area contributed by atoms with Crippen LogP contribution in [-0.4, -0.2) is 74.7 Å². The molecule has 0 radical (unpaired) electrons. The predicted molar refractivity (Wildman–Crippen MR) is 113 cm³/mol. The molecule has 0 N–H and O–H groups in total. The van der Waals surface area contributed by atoms with Crippen LogP contribution < -0.4 is 9.47 Å². The molecule has 8 heteroatoms. The Balaban J connectivity index is 1.46. The minimum absolute atomic E-state index is 0.0743. The second-order valence-corrected chi connectivity index (χ2v) is 7.98. The third-order valence-electron chi connectivity index (χ3n) is 5.71. The summed E-state index contributed by atoms with van der Waals surface area (Å²) in [6.07, 6.45) is 4.96. The van der Waals surface area contributed by atoms with Crippen LogP contribution in [0.4, 0.5) is 0 Å². The average Bonchev–Trinajstić information content (AvgIpc) is 3.45. The molecule has 2 fully saturated rings. The van der Waals surface area contributed by atoms with Gasteiger partial charge in [0.05, 0.1) is 38.8 Å². The lowest BCUT2D eigenvalue weighted by molar-refractivity contribution is -0.0335. The second-order valence-electron chi connectivity index (χ2n) is 7.98. The van der Waals surface area contributed by atoms with Crippen LogP contribution in [0.15, 0.2) is 41.2 Å². The van der Waals surface area contributed by atoms with E-state index in [0.717, 1.165) is 12.8 Å². The van der Waals surface area contributed by atoms with Crippen LogP contribution in [0.5, 0.6) is 11.5 Å². The second kappa shape index (κ2) is 9.43. The smallest absolute Gasteiger partial charge is 0.257 e. The quantitative estimate of drug-likeness (QED) is 0.643. The van der Waals surface area contributed by atoms with Crippen LogP contribution in [0.3, 0.4) is 0 Å². The van der Waals surface area contributed by atoms with Crippen molar-refractivity contribution in [1.29, 1.82) is 0 Å². The van der Waals surface area contributed by atoms with Crippen LogP contribution in [0.2, 0.25) is 0 Å². The van der Waals surface area contributed by atoms with Gasteiger partial charge in [0.25, 0.3) is 11.8 Å². The largest absolute Gasteiger partial charge is 0.493 e. The van der Waals surface area contributed by atoms with Crippen molar-refractivity contribution >= 4 is 11.8 Å². The molecule has 2 aliphatic rings. The Labute approximate surface area is 181 Å². The van der Waals surface area contributed by atoms with Gasteiger partial charge in [-0.1, -0.05) is 0 Å². The Bertz CT molecular complexity index is 909. The molecule has 1 atom stereocenters. The molecule has 166 valence electrons. The van der Waals surface area contributed by atoms with Crippen LogP contribution >= 0.6 is 0 Å². The lowest BCUT2D eigenvalue weighted by Gasteiger charge is -2.35. The Morgan fingerprint density at radius 1 is 1.10 bits per heavy atom. The maximum Gasteiger partial charge on any atom is 0.257 e. The minimum atomic E-state index is -0.243. The molecule has 31 heavy (non-hydrogen) atoms. The van der Waals surface area contributed by atoms with Gasteiger partial charge < -0.3 is 28.4 Å². The van der Waals surface area contributed by atoms with Crippen molar-refractivity contribution in [2.45, 2.75) is 18.9 Å². The van der Waals surface area contributed by atoms with E-state index in [2.05, 4.69) is 0 Å². The van der Waals surface area contributed by atoms with Crippen LogP contribution in [0.1, 0.15) is 33.6 Å². The first-order valence-corrected chi connectivity index (χ1v) is 10.5. The van der Waals surface area contributed by atoms with E-state index in [9.17, 15) is 9.59 Å². The highest BCUT2D eigenvalue weighted by atomic mass is 16.5. The number of carbonyl (C=O) groups excluding carboxylic acids is 2. The molecule has 2 amide bonds. The monoisotopic (exact) mass is 428 g/mol. The summed E-state index contributed by atoms with van der Waals surface area (Å²) < 4.78 is 21.6. The zero-order valence-corrected chi connectivity index (χ0v) is 17.9. The number of amides is 2. The van der Waals surface area contributed by atoms with E-state index in [4.69, 9.17) is 18.6 Å². The van der Waals surface area contributed by atoms with Gasteiger partial charge in [0.15, 0.2) is 11.5 Å². The van der Waals surface area contributed by atoms with Gasteiger partial charge in [-0.3, -0.25) is 9.59 Å². The molecule has 1 aliphatic carbocycles. The van der Waals surface area contributed by atoms with Crippen LogP contribution in [-0.2, 0) is 4.74 Å². The van der Waals surface area contributed by atoms with Crippen molar-refractivity contribution < 1.29 is 28.2 Å². The lowest BCUT2D eigenvalue weighted by Crippen LogP contribution is -2.50. The van der Waals surface area contributed by atoms with Crippen molar-refractivity contribution in [3.63, 3.8) is 0 Å². The predicted octanol–water partition coefficient (Wildman–Crippen LogP) is 2.69. The summed E-state index contributed by atoms with van der Waals surface area (Å²) in [4.78, 5) is 29.6. The number of hydrogen-bond acceptors (Lipinski definition) is 6. The molecule has 1 aromatic carbocycles. The number of rotatable bonds is 8. The molecule has 1 saturated heterocycles. The standard InChI is InChI=1S/C23H28N2O6/c1-28-20-6-5-17(11-21(20)29-2)22(26)25(12-16-3-4-16)14-19-13-24(8-10-31-19)23(27)18-7-9-30-15-18/h5-7,9,11,15-16,19H,3-4,8,10,12-14H2,1-2H3. The van der Waals surface area contributed by atoms with Gasteiger partial charge in [-0.05, 0) is 43.0 Å². The van der Waals surface area contributed by atoms with E-state index in [-0.39, 0.29) is 17.9 Å². The fourth-order valence-electron chi connectivity index (χ4n) is 3.83. The van der Waals surface area contributed by atoms with Gasteiger partial charge in [0.2, 0.25) is 0 Å². The van der Waals surface area contributed by atoms with Crippen LogP contribution in [0, 0.1) is 5.92 Å². The minimum Gasteiger partial charge on any atom is -0.493 e. The molecular formula is C23H28N2O6. The normalized spacial score (nSPS) is 18.5. The average molecular weight is 428 g/mol. The Kier molecular flexibility index (Phi) is 6.46. The Morgan fingerprint density at radius 3 is 2.58 bits per heavy atom. The number of nitrogens with zero attached hydrogens (tertiary/aromatic N) is 2. The number of hydrogen-bond donors (Lipinski definition) is 0. The van der Waals surface area contributed by atoms with Gasteiger partial charge in [-0.25, -0.2) is 0 Å². The fourth-order valence-corrected chi connectivity index (χ4v) is 3.83. The van der Waals surface area contributed by atoms with Crippen molar-refractivity contribution in [3.05, 3.63) is 47.9 Å². The van der Waals surface area contributed by atoms with Gasteiger partial charge in [-0.2, -0.15) is 0 Å². The Hall–Kier alpha value is -3.00. The fraction of sp³-hybridized carbons (Fsp3) is 0.478. The van der Waals surface area contributed by atoms with E-state index < -0.39 is 0 Å². The number of furan rings is 1.